The number of nitrogens with zero attached hydrogens (tertiary/aromatic N) is 3. The Morgan fingerprint density at radius 3 is 2.21 bits per heavy atom. The minimum absolute atomic E-state index is 0.247. The Labute approximate surface area is 197 Å². The summed E-state index contributed by atoms with van der Waals surface area (Å²) >= 11 is 0. The number of rotatable bonds is 5. The van der Waals surface area contributed by atoms with Crippen molar-refractivity contribution in [1.82, 2.24) is 4.98 Å². The lowest BCUT2D eigenvalue weighted by Crippen LogP contribution is -2.39. The molecular formula is C27H35N3O3. The SMILES string of the molecule is Cc1nc(C)c(C(OC(C)(C)C)C(=O)O)c(N2CCC(C)(C)CC2)c1-c1ccc(C#N)cc1. The van der Waals surface area contributed by atoms with Crippen LogP contribution >= 0.6 is 0 Å². The van der Waals surface area contributed by atoms with Gasteiger partial charge >= 0.3 is 5.97 Å². The van der Waals surface area contributed by atoms with Gasteiger partial charge in [0.1, 0.15) is 0 Å². The highest BCUT2D eigenvalue weighted by molar-refractivity contribution is 5.88. The quantitative estimate of drug-likeness (QED) is 0.620. The lowest BCUT2D eigenvalue weighted by molar-refractivity contribution is -0.160. The standard InChI is InChI=1S/C27H35N3O3/c1-17-21(20-10-8-19(16-28)9-11-20)23(30-14-12-27(6,7)13-15-30)22(18(2)29-17)24(25(31)32)33-26(3,4)5/h8-11,24H,12-15H2,1-7H3,(H,31,32). The number of anilines is 1. The van der Waals surface area contributed by atoms with Gasteiger partial charge in [-0.15, -0.1) is 0 Å². The van der Waals surface area contributed by atoms with Crippen molar-refractivity contribution in [2.45, 2.75) is 73.0 Å². The third kappa shape index (κ3) is 5.54. The van der Waals surface area contributed by atoms with Crippen molar-refractivity contribution in [3.05, 3.63) is 46.8 Å². The van der Waals surface area contributed by atoms with Crippen molar-refractivity contribution in [2.75, 3.05) is 18.0 Å². The summed E-state index contributed by atoms with van der Waals surface area (Å²) in [7, 11) is 0. The zero-order chi connectivity index (χ0) is 24.6. The summed E-state index contributed by atoms with van der Waals surface area (Å²) in [5.41, 5.74) is 5.01. The number of hydrogen-bond acceptors (Lipinski definition) is 5. The molecule has 33 heavy (non-hydrogen) atoms. The molecule has 1 atom stereocenters. The second-order valence-corrected chi connectivity index (χ2v) is 10.7. The van der Waals surface area contributed by atoms with E-state index >= 15 is 0 Å². The number of carboxylic acids is 1. The van der Waals surface area contributed by atoms with Gasteiger partial charge in [0.15, 0.2) is 6.10 Å². The molecule has 1 unspecified atom stereocenters. The van der Waals surface area contributed by atoms with Gasteiger partial charge in [0, 0.05) is 35.6 Å². The fourth-order valence-corrected chi connectivity index (χ4v) is 4.47. The van der Waals surface area contributed by atoms with E-state index < -0.39 is 17.7 Å². The summed E-state index contributed by atoms with van der Waals surface area (Å²) in [5.74, 6) is -1.02. The molecule has 0 aliphatic carbocycles. The summed E-state index contributed by atoms with van der Waals surface area (Å²) in [5, 5.41) is 19.4. The summed E-state index contributed by atoms with van der Waals surface area (Å²) in [6.45, 7) is 15.6. The number of aliphatic carboxylic acids is 1. The first kappa shape index (κ1) is 24.7. The molecule has 6 heteroatoms. The molecule has 1 aliphatic heterocycles. The third-order valence-electron chi connectivity index (χ3n) is 6.27. The molecule has 1 aromatic carbocycles. The smallest absolute Gasteiger partial charge is 0.337 e. The lowest BCUT2D eigenvalue weighted by Gasteiger charge is -2.41. The van der Waals surface area contributed by atoms with Gasteiger partial charge in [0.2, 0.25) is 0 Å². The van der Waals surface area contributed by atoms with Crippen LogP contribution in [0.25, 0.3) is 11.1 Å². The van der Waals surface area contributed by atoms with Crippen LogP contribution in [0.15, 0.2) is 24.3 Å². The fraction of sp³-hybridized carbons (Fsp3) is 0.519. The first-order chi connectivity index (χ1) is 15.3. The molecule has 0 bridgehead atoms. The maximum Gasteiger partial charge on any atom is 0.337 e. The Kier molecular flexibility index (Phi) is 6.85. The Morgan fingerprint density at radius 1 is 1.15 bits per heavy atom. The highest BCUT2D eigenvalue weighted by atomic mass is 16.5. The lowest BCUT2D eigenvalue weighted by atomic mass is 9.81. The largest absolute Gasteiger partial charge is 0.479 e. The summed E-state index contributed by atoms with van der Waals surface area (Å²) in [4.78, 5) is 19.6. The molecule has 0 radical (unpaired) electrons. The van der Waals surface area contributed by atoms with Crippen LogP contribution < -0.4 is 4.90 Å². The highest BCUT2D eigenvalue weighted by Crippen LogP contribution is 2.44. The van der Waals surface area contributed by atoms with Gasteiger partial charge in [-0.1, -0.05) is 26.0 Å². The monoisotopic (exact) mass is 449 g/mol. The average Bonchev–Trinajstić information content (AvgIpc) is 2.71. The van der Waals surface area contributed by atoms with Crippen LogP contribution in [-0.2, 0) is 9.53 Å². The van der Waals surface area contributed by atoms with Gasteiger partial charge in [-0.05, 0) is 70.6 Å². The second kappa shape index (κ2) is 9.15. The second-order valence-electron chi connectivity index (χ2n) is 10.7. The van der Waals surface area contributed by atoms with Crippen molar-refractivity contribution in [2.24, 2.45) is 5.41 Å². The zero-order valence-electron chi connectivity index (χ0n) is 20.8. The van der Waals surface area contributed by atoms with E-state index in [1.807, 2.05) is 46.8 Å². The van der Waals surface area contributed by atoms with Gasteiger partial charge in [-0.3, -0.25) is 4.98 Å². The predicted molar refractivity (Wildman–Crippen MR) is 130 cm³/mol. The average molecular weight is 450 g/mol. The number of ether oxygens (including phenoxy) is 1. The number of nitriles is 1. The fourth-order valence-electron chi connectivity index (χ4n) is 4.47. The molecule has 0 saturated carbocycles. The molecule has 176 valence electrons. The number of aryl methyl sites for hydroxylation is 2. The molecule has 2 aromatic rings. The van der Waals surface area contributed by atoms with E-state index in [-0.39, 0.29) is 5.41 Å². The molecule has 1 N–H and O–H groups in total. The van der Waals surface area contributed by atoms with Crippen LogP contribution in [0.3, 0.4) is 0 Å². The highest BCUT2D eigenvalue weighted by Gasteiger charge is 2.36. The molecule has 2 heterocycles. The maximum absolute atomic E-state index is 12.5. The van der Waals surface area contributed by atoms with Crippen LogP contribution in [0.2, 0.25) is 0 Å². The number of benzene rings is 1. The summed E-state index contributed by atoms with van der Waals surface area (Å²) in [6.07, 6.45) is 0.884. The van der Waals surface area contributed by atoms with Gasteiger partial charge in [-0.2, -0.15) is 5.26 Å². The molecule has 1 fully saturated rings. The first-order valence-electron chi connectivity index (χ1n) is 11.5. The molecule has 1 aromatic heterocycles. The van der Waals surface area contributed by atoms with Gasteiger partial charge in [-0.25, -0.2) is 4.79 Å². The van der Waals surface area contributed by atoms with Crippen LogP contribution in [0, 0.1) is 30.6 Å². The molecule has 6 nitrogen and oxygen atoms in total. The third-order valence-corrected chi connectivity index (χ3v) is 6.27. The minimum Gasteiger partial charge on any atom is -0.479 e. The number of carbonyl (C=O) groups is 1. The number of pyridine rings is 1. The molecular weight excluding hydrogens is 414 g/mol. The van der Waals surface area contributed by atoms with Crippen LogP contribution in [0.4, 0.5) is 5.69 Å². The van der Waals surface area contributed by atoms with E-state index in [0.29, 0.717) is 16.8 Å². The number of piperidine rings is 1. The molecule has 0 spiro atoms. The Bertz CT molecular complexity index is 1070. The summed E-state index contributed by atoms with van der Waals surface area (Å²) < 4.78 is 6.10. The van der Waals surface area contributed by atoms with Crippen LogP contribution in [0.5, 0.6) is 0 Å². The van der Waals surface area contributed by atoms with Crippen molar-refractivity contribution in [3.63, 3.8) is 0 Å². The molecule has 1 saturated heterocycles. The van der Waals surface area contributed by atoms with E-state index in [2.05, 4.69) is 24.8 Å². The topological polar surface area (TPSA) is 86.5 Å². The number of carboxylic acid groups (broad SMARTS) is 1. The number of aromatic nitrogens is 1. The van der Waals surface area contributed by atoms with Crippen LogP contribution in [0.1, 0.15) is 76.1 Å². The van der Waals surface area contributed by atoms with E-state index in [1.54, 1.807) is 12.1 Å². The number of hydrogen-bond donors (Lipinski definition) is 1. The minimum atomic E-state index is -1.14. The molecule has 0 amide bonds. The van der Waals surface area contributed by atoms with Gasteiger partial charge in [0.25, 0.3) is 0 Å². The Morgan fingerprint density at radius 2 is 1.73 bits per heavy atom. The van der Waals surface area contributed by atoms with Gasteiger partial charge in [0.05, 0.1) is 22.9 Å². The normalized spacial score (nSPS) is 16.8. The predicted octanol–water partition coefficient (Wildman–Crippen LogP) is 5.80. The molecule has 3 rings (SSSR count). The first-order valence-corrected chi connectivity index (χ1v) is 11.5. The zero-order valence-corrected chi connectivity index (χ0v) is 20.8. The van der Waals surface area contributed by atoms with Gasteiger partial charge < -0.3 is 14.7 Å². The maximum atomic E-state index is 12.5. The van der Waals surface area contributed by atoms with Crippen molar-refractivity contribution < 1.29 is 14.6 Å². The Balaban J connectivity index is 2.29. The molecule has 1 aliphatic rings. The Hall–Kier alpha value is -2.91. The van der Waals surface area contributed by atoms with Crippen LogP contribution in [-0.4, -0.2) is 34.8 Å². The van der Waals surface area contributed by atoms with Crippen molar-refractivity contribution >= 4 is 11.7 Å². The van der Waals surface area contributed by atoms with E-state index in [9.17, 15) is 15.2 Å². The van der Waals surface area contributed by atoms with Crippen molar-refractivity contribution in [1.29, 1.82) is 5.26 Å². The van der Waals surface area contributed by atoms with E-state index in [1.165, 1.54) is 0 Å². The summed E-state index contributed by atoms with van der Waals surface area (Å²) in [6, 6.07) is 9.57. The van der Waals surface area contributed by atoms with Crippen molar-refractivity contribution in [3.8, 4) is 17.2 Å². The van der Waals surface area contributed by atoms with E-state index in [4.69, 9.17) is 9.72 Å². The van der Waals surface area contributed by atoms with E-state index in [0.717, 1.165) is 48.4 Å².